The van der Waals surface area contributed by atoms with Gasteiger partial charge in [-0.1, -0.05) is 12.1 Å². The highest BCUT2D eigenvalue weighted by Gasteiger charge is 2.28. The van der Waals surface area contributed by atoms with Crippen LogP contribution in [0.15, 0.2) is 24.3 Å². The number of nitrogens with zero attached hydrogens (tertiary/aromatic N) is 1. The van der Waals surface area contributed by atoms with Crippen molar-refractivity contribution >= 4 is 5.91 Å². The summed E-state index contributed by atoms with van der Waals surface area (Å²) in [6.45, 7) is 2.86. The SMILES string of the molecule is O=C(COCC1CC1)N1CCNCC1c1cccc(F)c1. The maximum atomic E-state index is 13.4. The standard InChI is InChI=1S/C16H21FN2O2/c17-14-3-1-2-13(8-14)15-9-18-6-7-19(15)16(20)11-21-10-12-4-5-12/h1-3,8,12,15,18H,4-7,9-11H2. The summed E-state index contributed by atoms with van der Waals surface area (Å²) in [6, 6.07) is 6.36. The number of ether oxygens (including phenoxy) is 1. The Labute approximate surface area is 124 Å². The molecule has 3 rings (SSSR count). The highest BCUT2D eigenvalue weighted by molar-refractivity contribution is 5.78. The first-order valence-electron chi connectivity index (χ1n) is 7.57. The molecule has 1 aromatic rings. The maximum absolute atomic E-state index is 13.4. The van der Waals surface area contributed by atoms with E-state index in [0.717, 1.165) is 12.1 Å². The molecule has 2 aliphatic rings. The molecule has 114 valence electrons. The van der Waals surface area contributed by atoms with E-state index in [0.29, 0.717) is 25.6 Å². The van der Waals surface area contributed by atoms with E-state index in [4.69, 9.17) is 4.74 Å². The fraction of sp³-hybridized carbons (Fsp3) is 0.562. The van der Waals surface area contributed by atoms with Crippen molar-refractivity contribution < 1.29 is 13.9 Å². The smallest absolute Gasteiger partial charge is 0.249 e. The van der Waals surface area contributed by atoms with E-state index in [9.17, 15) is 9.18 Å². The summed E-state index contributed by atoms with van der Waals surface area (Å²) in [6.07, 6.45) is 2.43. The zero-order chi connectivity index (χ0) is 14.7. The largest absolute Gasteiger partial charge is 0.371 e. The van der Waals surface area contributed by atoms with E-state index in [1.807, 2.05) is 6.07 Å². The molecule has 1 unspecified atom stereocenters. The molecule has 2 fully saturated rings. The molecule has 0 spiro atoms. The number of rotatable bonds is 5. The van der Waals surface area contributed by atoms with Gasteiger partial charge in [-0.05, 0) is 36.5 Å². The number of carbonyl (C=O) groups is 1. The second-order valence-electron chi connectivity index (χ2n) is 5.82. The molecule has 1 saturated heterocycles. The third-order valence-electron chi connectivity index (χ3n) is 4.07. The van der Waals surface area contributed by atoms with Crippen LogP contribution in [-0.2, 0) is 9.53 Å². The summed E-state index contributed by atoms with van der Waals surface area (Å²) in [5.41, 5.74) is 0.831. The lowest BCUT2D eigenvalue weighted by Gasteiger charge is -2.36. The van der Waals surface area contributed by atoms with Gasteiger partial charge >= 0.3 is 0 Å². The topological polar surface area (TPSA) is 41.6 Å². The van der Waals surface area contributed by atoms with Crippen LogP contribution in [0.1, 0.15) is 24.4 Å². The average molecular weight is 292 g/mol. The molecule has 0 bridgehead atoms. The van der Waals surface area contributed by atoms with Gasteiger partial charge in [0.15, 0.2) is 0 Å². The molecule has 1 aromatic carbocycles. The highest BCUT2D eigenvalue weighted by atomic mass is 19.1. The average Bonchev–Trinajstić information content (AvgIpc) is 3.31. The molecule has 1 amide bonds. The Kier molecular flexibility index (Phi) is 4.51. The Balaban J connectivity index is 1.63. The molecule has 1 saturated carbocycles. The molecule has 5 heteroatoms. The Morgan fingerprint density at radius 2 is 2.29 bits per heavy atom. The number of nitrogens with one attached hydrogen (secondary N) is 1. The van der Waals surface area contributed by atoms with Gasteiger partial charge in [-0.3, -0.25) is 4.79 Å². The lowest BCUT2D eigenvalue weighted by molar-refractivity contribution is -0.139. The van der Waals surface area contributed by atoms with Gasteiger partial charge in [-0.2, -0.15) is 0 Å². The molecule has 1 aliphatic heterocycles. The van der Waals surface area contributed by atoms with Crippen molar-refractivity contribution in [2.24, 2.45) is 5.92 Å². The first-order valence-corrected chi connectivity index (χ1v) is 7.57. The van der Waals surface area contributed by atoms with Crippen LogP contribution in [0.25, 0.3) is 0 Å². The summed E-state index contributed by atoms with van der Waals surface area (Å²) >= 11 is 0. The summed E-state index contributed by atoms with van der Waals surface area (Å²) < 4.78 is 18.9. The molecule has 1 aliphatic carbocycles. The van der Waals surface area contributed by atoms with E-state index in [-0.39, 0.29) is 24.4 Å². The summed E-state index contributed by atoms with van der Waals surface area (Å²) in [7, 11) is 0. The molecular formula is C16H21FN2O2. The molecule has 0 radical (unpaired) electrons. The zero-order valence-electron chi connectivity index (χ0n) is 12.1. The minimum atomic E-state index is -0.268. The van der Waals surface area contributed by atoms with Crippen molar-refractivity contribution in [2.45, 2.75) is 18.9 Å². The predicted octanol–water partition coefficient (Wildman–Crippen LogP) is 1.73. The molecule has 0 aromatic heterocycles. The monoisotopic (exact) mass is 292 g/mol. The van der Waals surface area contributed by atoms with Crippen LogP contribution >= 0.6 is 0 Å². The van der Waals surface area contributed by atoms with Crippen LogP contribution in [0.2, 0.25) is 0 Å². The minimum absolute atomic E-state index is 0.00795. The lowest BCUT2D eigenvalue weighted by atomic mass is 10.0. The fourth-order valence-corrected chi connectivity index (χ4v) is 2.69. The molecule has 1 heterocycles. The molecular weight excluding hydrogens is 271 g/mol. The quantitative estimate of drug-likeness (QED) is 0.898. The third-order valence-corrected chi connectivity index (χ3v) is 4.07. The summed E-state index contributed by atoms with van der Waals surface area (Å²) in [5, 5.41) is 3.26. The van der Waals surface area contributed by atoms with E-state index in [1.165, 1.54) is 25.0 Å². The number of piperazine rings is 1. The Morgan fingerprint density at radius 1 is 1.43 bits per heavy atom. The summed E-state index contributed by atoms with van der Waals surface area (Å²) in [4.78, 5) is 14.2. The van der Waals surface area contributed by atoms with Crippen LogP contribution in [0, 0.1) is 11.7 Å². The number of halogens is 1. The minimum Gasteiger partial charge on any atom is -0.371 e. The maximum Gasteiger partial charge on any atom is 0.249 e. The Morgan fingerprint density at radius 3 is 3.05 bits per heavy atom. The van der Waals surface area contributed by atoms with Gasteiger partial charge in [0.05, 0.1) is 12.6 Å². The van der Waals surface area contributed by atoms with Crippen molar-refractivity contribution in [1.29, 1.82) is 0 Å². The third kappa shape index (κ3) is 3.80. The van der Waals surface area contributed by atoms with Gasteiger partial charge in [0.2, 0.25) is 5.91 Å². The van der Waals surface area contributed by atoms with Gasteiger partial charge in [0.1, 0.15) is 12.4 Å². The number of carbonyl (C=O) groups excluding carboxylic acids is 1. The second-order valence-corrected chi connectivity index (χ2v) is 5.82. The number of hydrogen-bond acceptors (Lipinski definition) is 3. The van der Waals surface area contributed by atoms with Crippen LogP contribution in [-0.4, -0.2) is 43.7 Å². The van der Waals surface area contributed by atoms with E-state index in [2.05, 4.69) is 5.32 Å². The van der Waals surface area contributed by atoms with E-state index in [1.54, 1.807) is 11.0 Å². The van der Waals surface area contributed by atoms with Crippen molar-refractivity contribution in [3.05, 3.63) is 35.6 Å². The molecule has 1 N–H and O–H groups in total. The van der Waals surface area contributed by atoms with E-state index < -0.39 is 0 Å². The van der Waals surface area contributed by atoms with Crippen molar-refractivity contribution in [3.63, 3.8) is 0 Å². The van der Waals surface area contributed by atoms with Gasteiger partial charge in [0.25, 0.3) is 0 Å². The molecule has 4 nitrogen and oxygen atoms in total. The Bertz CT molecular complexity index is 505. The fourth-order valence-electron chi connectivity index (χ4n) is 2.69. The van der Waals surface area contributed by atoms with Crippen LogP contribution < -0.4 is 5.32 Å². The van der Waals surface area contributed by atoms with Gasteiger partial charge in [0, 0.05) is 19.6 Å². The second kappa shape index (κ2) is 6.54. The van der Waals surface area contributed by atoms with E-state index >= 15 is 0 Å². The number of hydrogen-bond donors (Lipinski definition) is 1. The first kappa shape index (κ1) is 14.5. The lowest BCUT2D eigenvalue weighted by Crippen LogP contribution is -2.49. The van der Waals surface area contributed by atoms with Crippen molar-refractivity contribution in [3.8, 4) is 0 Å². The van der Waals surface area contributed by atoms with Gasteiger partial charge in [-0.25, -0.2) is 4.39 Å². The number of amides is 1. The van der Waals surface area contributed by atoms with Gasteiger partial charge in [-0.15, -0.1) is 0 Å². The molecule has 1 atom stereocenters. The Hall–Kier alpha value is -1.46. The summed E-state index contributed by atoms with van der Waals surface area (Å²) in [5.74, 6) is 0.377. The van der Waals surface area contributed by atoms with Crippen LogP contribution in [0.5, 0.6) is 0 Å². The highest BCUT2D eigenvalue weighted by Crippen LogP contribution is 2.29. The molecule has 21 heavy (non-hydrogen) atoms. The van der Waals surface area contributed by atoms with Crippen LogP contribution in [0.4, 0.5) is 4.39 Å². The predicted molar refractivity (Wildman–Crippen MR) is 77.3 cm³/mol. The van der Waals surface area contributed by atoms with Crippen molar-refractivity contribution in [2.75, 3.05) is 32.8 Å². The van der Waals surface area contributed by atoms with Crippen LogP contribution in [0.3, 0.4) is 0 Å². The van der Waals surface area contributed by atoms with Gasteiger partial charge < -0.3 is 15.0 Å². The van der Waals surface area contributed by atoms with Crippen molar-refractivity contribution in [1.82, 2.24) is 10.2 Å². The first-order chi connectivity index (χ1) is 10.2. The normalized spacial score (nSPS) is 22.3. The number of benzene rings is 1. The zero-order valence-corrected chi connectivity index (χ0v) is 12.1.